The summed E-state index contributed by atoms with van der Waals surface area (Å²) in [6.07, 6.45) is 5.04. The summed E-state index contributed by atoms with van der Waals surface area (Å²) in [5, 5.41) is 10.8. The van der Waals surface area contributed by atoms with Crippen molar-refractivity contribution in [1.82, 2.24) is 4.31 Å². The lowest BCUT2D eigenvalue weighted by Crippen LogP contribution is -2.27. The van der Waals surface area contributed by atoms with Crippen LogP contribution in [0.3, 0.4) is 0 Å². The standard InChI is InChI=1S/C11H12N2O4S/c1-4-7-12(3)18(16,17)10-6-5-9(2)11(8-10)13(14)15/h1,5-6,8H,7H2,2-3H3. The fourth-order valence-corrected chi connectivity index (χ4v) is 2.44. The number of sulfonamides is 1. The van der Waals surface area contributed by atoms with E-state index in [2.05, 4.69) is 5.92 Å². The van der Waals surface area contributed by atoms with Gasteiger partial charge in [0.25, 0.3) is 5.69 Å². The Kier molecular flexibility index (Phi) is 4.06. The molecule has 0 bridgehead atoms. The zero-order chi connectivity index (χ0) is 13.9. The largest absolute Gasteiger partial charge is 0.273 e. The SMILES string of the molecule is C#CCN(C)S(=O)(=O)c1ccc(C)c([N+](=O)[O-])c1. The molecule has 0 heterocycles. The zero-order valence-corrected chi connectivity index (χ0v) is 10.8. The summed E-state index contributed by atoms with van der Waals surface area (Å²) in [4.78, 5) is 10.0. The van der Waals surface area contributed by atoms with Crippen molar-refractivity contribution < 1.29 is 13.3 Å². The molecule has 1 rings (SSSR count). The van der Waals surface area contributed by atoms with Gasteiger partial charge in [-0.15, -0.1) is 6.42 Å². The first kappa shape index (κ1) is 14.2. The molecule has 0 spiro atoms. The molecule has 1 aromatic carbocycles. The van der Waals surface area contributed by atoms with E-state index in [-0.39, 0.29) is 17.1 Å². The van der Waals surface area contributed by atoms with Gasteiger partial charge in [0.1, 0.15) is 0 Å². The Labute approximate surface area is 105 Å². The van der Waals surface area contributed by atoms with Crippen molar-refractivity contribution >= 4 is 15.7 Å². The summed E-state index contributed by atoms with van der Waals surface area (Å²) in [6, 6.07) is 3.76. The summed E-state index contributed by atoms with van der Waals surface area (Å²) >= 11 is 0. The van der Waals surface area contributed by atoms with Gasteiger partial charge < -0.3 is 0 Å². The van der Waals surface area contributed by atoms with Crippen LogP contribution in [0.4, 0.5) is 5.69 Å². The average molecular weight is 268 g/mol. The van der Waals surface area contributed by atoms with E-state index in [1.807, 2.05) is 0 Å². The second kappa shape index (κ2) is 5.16. The predicted molar refractivity (Wildman–Crippen MR) is 66.5 cm³/mol. The molecule has 0 saturated heterocycles. The molecule has 0 atom stereocenters. The Bertz CT molecular complexity index is 616. The predicted octanol–water partition coefficient (Wildman–Crippen LogP) is 1.16. The van der Waals surface area contributed by atoms with Crippen LogP contribution in [0.5, 0.6) is 0 Å². The van der Waals surface area contributed by atoms with Crippen molar-refractivity contribution in [2.75, 3.05) is 13.6 Å². The molecule has 0 aliphatic carbocycles. The summed E-state index contributed by atoms with van der Waals surface area (Å²) < 4.78 is 25.0. The molecule has 1 aromatic rings. The maximum atomic E-state index is 12.0. The molecule has 0 aromatic heterocycles. The normalized spacial score (nSPS) is 11.2. The van der Waals surface area contributed by atoms with Gasteiger partial charge in [0.2, 0.25) is 10.0 Å². The van der Waals surface area contributed by atoms with Crippen LogP contribution in [0.25, 0.3) is 0 Å². The van der Waals surface area contributed by atoms with Crippen LogP contribution < -0.4 is 0 Å². The van der Waals surface area contributed by atoms with Gasteiger partial charge in [-0.25, -0.2) is 8.42 Å². The minimum atomic E-state index is -3.79. The summed E-state index contributed by atoms with van der Waals surface area (Å²) in [5.74, 6) is 2.20. The quantitative estimate of drug-likeness (QED) is 0.466. The molecule has 0 aliphatic heterocycles. The van der Waals surface area contributed by atoms with Gasteiger partial charge in [-0.05, 0) is 13.0 Å². The van der Waals surface area contributed by atoms with Crippen LogP contribution in [-0.2, 0) is 10.0 Å². The first-order valence-electron chi connectivity index (χ1n) is 4.95. The van der Waals surface area contributed by atoms with Crippen LogP contribution in [0.2, 0.25) is 0 Å². The Morgan fingerprint density at radius 1 is 1.50 bits per heavy atom. The lowest BCUT2D eigenvalue weighted by atomic mass is 10.2. The van der Waals surface area contributed by atoms with Gasteiger partial charge in [0.05, 0.1) is 16.4 Å². The fourth-order valence-electron chi connectivity index (χ4n) is 1.34. The number of hydrogen-bond acceptors (Lipinski definition) is 4. The number of nitrogens with zero attached hydrogens (tertiary/aromatic N) is 2. The fraction of sp³-hybridized carbons (Fsp3) is 0.273. The van der Waals surface area contributed by atoms with E-state index >= 15 is 0 Å². The van der Waals surface area contributed by atoms with E-state index in [0.717, 1.165) is 10.4 Å². The molecular weight excluding hydrogens is 256 g/mol. The lowest BCUT2D eigenvalue weighted by molar-refractivity contribution is -0.385. The third-order valence-electron chi connectivity index (χ3n) is 2.40. The van der Waals surface area contributed by atoms with E-state index in [1.54, 1.807) is 6.92 Å². The van der Waals surface area contributed by atoms with Crippen LogP contribution in [-0.4, -0.2) is 31.2 Å². The molecule has 0 radical (unpaired) electrons. The molecule has 0 N–H and O–H groups in total. The highest BCUT2D eigenvalue weighted by Crippen LogP contribution is 2.23. The monoisotopic (exact) mass is 268 g/mol. The Morgan fingerprint density at radius 2 is 2.11 bits per heavy atom. The minimum Gasteiger partial charge on any atom is -0.258 e. The lowest BCUT2D eigenvalue weighted by Gasteiger charge is -2.14. The van der Waals surface area contributed by atoms with E-state index in [4.69, 9.17) is 6.42 Å². The van der Waals surface area contributed by atoms with Crippen molar-refractivity contribution in [3.63, 3.8) is 0 Å². The van der Waals surface area contributed by atoms with Gasteiger partial charge in [-0.1, -0.05) is 12.0 Å². The topological polar surface area (TPSA) is 80.5 Å². The highest BCUT2D eigenvalue weighted by molar-refractivity contribution is 7.89. The number of terminal acetylenes is 1. The maximum absolute atomic E-state index is 12.0. The molecule has 6 nitrogen and oxygen atoms in total. The second-order valence-electron chi connectivity index (χ2n) is 3.67. The highest BCUT2D eigenvalue weighted by Gasteiger charge is 2.23. The van der Waals surface area contributed by atoms with Gasteiger partial charge >= 0.3 is 0 Å². The smallest absolute Gasteiger partial charge is 0.258 e. The highest BCUT2D eigenvalue weighted by atomic mass is 32.2. The van der Waals surface area contributed by atoms with Crippen molar-refractivity contribution in [3.8, 4) is 12.3 Å². The van der Waals surface area contributed by atoms with Crippen molar-refractivity contribution in [3.05, 3.63) is 33.9 Å². The van der Waals surface area contributed by atoms with Crippen molar-refractivity contribution in [2.24, 2.45) is 0 Å². The second-order valence-corrected chi connectivity index (χ2v) is 5.72. The Morgan fingerprint density at radius 3 is 2.61 bits per heavy atom. The molecule has 0 aliphatic rings. The van der Waals surface area contributed by atoms with E-state index in [9.17, 15) is 18.5 Å². The summed E-state index contributed by atoms with van der Waals surface area (Å²) in [7, 11) is -2.47. The van der Waals surface area contributed by atoms with Crippen molar-refractivity contribution in [1.29, 1.82) is 0 Å². The molecule has 0 amide bonds. The van der Waals surface area contributed by atoms with Crippen LogP contribution >= 0.6 is 0 Å². The van der Waals surface area contributed by atoms with E-state index < -0.39 is 14.9 Å². The van der Waals surface area contributed by atoms with Gasteiger partial charge in [0.15, 0.2) is 0 Å². The maximum Gasteiger partial charge on any atom is 0.273 e. The average Bonchev–Trinajstić information content (AvgIpc) is 2.29. The minimum absolute atomic E-state index is 0.0932. The molecular formula is C11H12N2O4S. The molecule has 7 heteroatoms. The van der Waals surface area contributed by atoms with Gasteiger partial charge in [0, 0.05) is 18.7 Å². The number of nitro groups is 1. The molecule has 0 saturated carbocycles. The zero-order valence-electron chi connectivity index (χ0n) is 9.95. The van der Waals surface area contributed by atoms with Crippen molar-refractivity contribution in [2.45, 2.75) is 11.8 Å². The first-order valence-corrected chi connectivity index (χ1v) is 6.39. The molecule has 0 unspecified atom stereocenters. The number of aryl methyl sites for hydroxylation is 1. The molecule has 0 fully saturated rings. The Balaban J connectivity index is 3.31. The number of benzene rings is 1. The van der Waals surface area contributed by atoms with E-state index in [0.29, 0.717) is 5.56 Å². The van der Waals surface area contributed by atoms with Gasteiger partial charge in [-0.2, -0.15) is 4.31 Å². The third kappa shape index (κ3) is 2.67. The number of rotatable bonds is 4. The molecule has 18 heavy (non-hydrogen) atoms. The molecule has 96 valence electrons. The summed E-state index contributed by atoms with van der Waals surface area (Å²) in [6.45, 7) is 1.45. The van der Waals surface area contributed by atoms with Crippen LogP contribution in [0.15, 0.2) is 23.1 Å². The first-order chi connectivity index (χ1) is 8.30. The number of nitro benzene ring substituents is 1. The third-order valence-corrected chi connectivity index (χ3v) is 4.20. The van der Waals surface area contributed by atoms with E-state index in [1.165, 1.54) is 19.2 Å². The van der Waals surface area contributed by atoms with Crippen LogP contribution in [0, 0.1) is 29.4 Å². The number of hydrogen-bond donors (Lipinski definition) is 0. The summed E-state index contributed by atoms with van der Waals surface area (Å²) in [5.41, 5.74) is 0.170. The van der Waals surface area contributed by atoms with Crippen LogP contribution in [0.1, 0.15) is 5.56 Å². The Hall–Kier alpha value is -1.91. The van der Waals surface area contributed by atoms with Gasteiger partial charge in [-0.3, -0.25) is 10.1 Å².